The van der Waals surface area contributed by atoms with E-state index in [1.54, 1.807) is 0 Å². The third-order valence-electron chi connectivity index (χ3n) is 2.44. The number of hydrogen-bond acceptors (Lipinski definition) is 3. The second kappa shape index (κ2) is 4.45. The average Bonchev–Trinajstić information content (AvgIpc) is 2.94. The number of rotatable bonds is 4. The quantitative estimate of drug-likeness (QED) is 0.781. The molecule has 15 heavy (non-hydrogen) atoms. The monoisotopic (exact) mass is 220 g/mol. The Morgan fingerprint density at radius 1 is 1.67 bits per heavy atom. The third-order valence-corrected chi connectivity index (χ3v) is 3.30. The van der Waals surface area contributed by atoms with Gasteiger partial charge in [-0.25, -0.2) is 0 Å². The van der Waals surface area contributed by atoms with Crippen LogP contribution in [0.15, 0.2) is 17.5 Å². The van der Waals surface area contributed by atoms with E-state index in [0.717, 1.165) is 17.7 Å². The summed E-state index contributed by atoms with van der Waals surface area (Å²) in [5.41, 5.74) is 0. The molecule has 0 aromatic carbocycles. The van der Waals surface area contributed by atoms with Crippen LogP contribution in [0.2, 0.25) is 0 Å². The van der Waals surface area contributed by atoms with E-state index in [9.17, 15) is 4.79 Å². The van der Waals surface area contributed by atoms with Gasteiger partial charge >= 0.3 is 0 Å². The highest BCUT2D eigenvalue weighted by Crippen LogP contribution is 2.29. The molecule has 0 bridgehead atoms. The second-order valence-corrected chi connectivity index (χ2v) is 4.56. The molecule has 0 saturated heterocycles. The number of nitrogens with zero attached hydrogens (tertiary/aromatic N) is 2. The molecule has 1 heterocycles. The Labute approximate surface area is 92.9 Å². The van der Waals surface area contributed by atoms with Crippen LogP contribution in [0.5, 0.6) is 0 Å². The van der Waals surface area contributed by atoms with Crippen molar-refractivity contribution in [2.75, 3.05) is 6.54 Å². The highest BCUT2D eigenvalue weighted by Gasteiger charge is 2.32. The first-order valence-corrected chi connectivity index (χ1v) is 5.92. The molecule has 1 aromatic heterocycles. The first-order valence-electron chi connectivity index (χ1n) is 5.04. The van der Waals surface area contributed by atoms with Crippen LogP contribution < -0.4 is 0 Å². The SMILES string of the molecule is N#CCCN(C(=O)c1cccs1)C1CC1. The fraction of sp³-hybridized carbons (Fsp3) is 0.455. The van der Waals surface area contributed by atoms with E-state index in [2.05, 4.69) is 6.07 Å². The van der Waals surface area contributed by atoms with Gasteiger partial charge in [0, 0.05) is 12.6 Å². The van der Waals surface area contributed by atoms with Gasteiger partial charge in [0.2, 0.25) is 0 Å². The van der Waals surface area contributed by atoms with Crippen molar-refractivity contribution in [1.82, 2.24) is 4.90 Å². The van der Waals surface area contributed by atoms with Crippen LogP contribution in [0.4, 0.5) is 0 Å². The lowest BCUT2D eigenvalue weighted by Gasteiger charge is -2.20. The topological polar surface area (TPSA) is 44.1 Å². The summed E-state index contributed by atoms with van der Waals surface area (Å²) in [5, 5.41) is 10.4. The van der Waals surface area contributed by atoms with Gasteiger partial charge in [-0.1, -0.05) is 6.07 Å². The molecule has 1 aliphatic rings. The van der Waals surface area contributed by atoms with Crippen LogP contribution in [-0.4, -0.2) is 23.4 Å². The summed E-state index contributed by atoms with van der Waals surface area (Å²) < 4.78 is 0. The molecule has 0 spiro atoms. The molecule has 0 atom stereocenters. The summed E-state index contributed by atoms with van der Waals surface area (Å²) in [5.74, 6) is 0.0859. The summed E-state index contributed by atoms with van der Waals surface area (Å²) in [6, 6.07) is 6.20. The summed E-state index contributed by atoms with van der Waals surface area (Å²) in [6.07, 6.45) is 2.60. The predicted molar refractivity (Wildman–Crippen MR) is 58.6 cm³/mol. The molecule has 1 amide bonds. The van der Waals surface area contributed by atoms with E-state index in [1.807, 2.05) is 22.4 Å². The fourth-order valence-corrected chi connectivity index (χ4v) is 2.23. The number of hydrogen-bond donors (Lipinski definition) is 0. The molecule has 1 saturated carbocycles. The smallest absolute Gasteiger partial charge is 0.264 e. The maximum absolute atomic E-state index is 12.0. The molecule has 0 unspecified atom stereocenters. The number of carbonyl (C=O) groups is 1. The Bertz CT molecular complexity index is 376. The van der Waals surface area contributed by atoms with Crippen molar-refractivity contribution >= 4 is 17.2 Å². The van der Waals surface area contributed by atoms with Crippen LogP contribution in [-0.2, 0) is 0 Å². The maximum Gasteiger partial charge on any atom is 0.264 e. The van der Waals surface area contributed by atoms with Crippen molar-refractivity contribution in [3.63, 3.8) is 0 Å². The first kappa shape index (κ1) is 10.2. The van der Waals surface area contributed by atoms with E-state index in [1.165, 1.54) is 11.3 Å². The minimum Gasteiger partial charge on any atom is -0.334 e. The molecule has 1 fully saturated rings. The van der Waals surface area contributed by atoms with E-state index in [-0.39, 0.29) is 5.91 Å². The van der Waals surface area contributed by atoms with Crippen LogP contribution in [0.1, 0.15) is 28.9 Å². The Kier molecular flexibility index (Phi) is 3.02. The van der Waals surface area contributed by atoms with E-state index >= 15 is 0 Å². The van der Waals surface area contributed by atoms with E-state index < -0.39 is 0 Å². The van der Waals surface area contributed by atoms with Gasteiger partial charge in [0.15, 0.2) is 0 Å². The first-order chi connectivity index (χ1) is 7.33. The summed E-state index contributed by atoms with van der Waals surface area (Å²) in [6.45, 7) is 0.567. The molecule has 0 radical (unpaired) electrons. The van der Waals surface area contributed by atoms with Crippen molar-refractivity contribution in [3.05, 3.63) is 22.4 Å². The van der Waals surface area contributed by atoms with Crippen molar-refractivity contribution in [2.45, 2.75) is 25.3 Å². The number of carbonyl (C=O) groups excluding carboxylic acids is 1. The van der Waals surface area contributed by atoms with Gasteiger partial charge in [-0.15, -0.1) is 11.3 Å². The highest BCUT2D eigenvalue weighted by molar-refractivity contribution is 7.12. The molecular weight excluding hydrogens is 208 g/mol. The molecule has 1 aromatic rings. The number of amides is 1. The lowest BCUT2D eigenvalue weighted by molar-refractivity contribution is 0.0752. The van der Waals surface area contributed by atoms with Crippen molar-refractivity contribution in [1.29, 1.82) is 5.26 Å². The van der Waals surface area contributed by atoms with Gasteiger partial charge in [0.05, 0.1) is 17.4 Å². The van der Waals surface area contributed by atoms with Crippen LogP contribution in [0, 0.1) is 11.3 Å². The van der Waals surface area contributed by atoms with Gasteiger partial charge in [0.25, 0.3) is 5.91 Å². The Hall–Kier alpha value is -1.34. The molecule has 4 heteroatoms. The average molecular weight is 220 g/mol. The predicted octanol–water partition coefficient (Wildman–Crippen LogP) is 2.27. The molecule has 1 aliphatic carbocycles. The zero-order valence-corrected chi connectivity index (χ0v) is 9.17. The van der Waals surface area contributed by atoms with Crippen molar-refractivity contribution < 1.29 is 4.79 Å². The molecule has 0 aliphatic heterocycles. The molecule has 78 valence electrons. The zero-order valence-electron chi connectivity index (χ0n) is 8.35. The summed E-state index contributed by atoms with van der Waals surface area (Å²) >= 11 is 1.46. The maximum atomic E-state index is 12.0. The van der Waals surface area contributed by atoms with Crippen LogP contribution in [0.25, 0.3) is 0 Å². The van der Waals surface area contributed by atoms with Gasteiger partial charge in [-0.2, -0.15) is 5.26 Å². The minimum absolute atomic E-state index is 0.0859. The van der Waals surface area contributed by atoms with E-state index in [0.29, 0.717) is 19.0 Å². The normalized spacial score (nSPS) is 14.6. The summed E-state index contributed by atoms with van der Waals surface area (Å²) in [4.78, 5) is 14.6. The lowest BCUT2D eigenvalue weighted by atomic mass is 10.3. The van der Waals surface area contributed by atoms with Crippen molar-refractivity contribution in [3.8, 4) is 6.07 Å². The minimum atomic E-state index is 0.0859. The van der Waals surface area contributed by atoms with Gasteiger partial charge in [-0.3, -0.25) is 4.79 Å². The molecule has 3 nitrogen and oxygen atoms in total. The zero-order chi connectivity index (χ0) is 10.7. The fourth-order valence-electron chi connectivity index (χ4n) is 1.55. The van der Waals surface area contributed by atoms with Gasteiger partial charge < -0.3 is 4.90 Å². The van der Waals surface area contributed by atoms with Gasteiger partial charge in [-0.05, 0) is 24.3 Å². The number of nitriles is 1. The van der Waals surface area contributed by atoms with E-state index in [4.69, 9.17) is 5.26 Å². The second-order valence-electron chi connectivity index (χ2n) is 3.62. The lowest BCUT2D eigenvalue weighted by Crippen LogP contribution is -2.33. The molecular formula is C11H12N2OS. The van der Waals surface area contributed by atoms with Crippen LogP contribution in [0.3, 0.4) is 0 Å². The number of thiophene rings is 1. The van der Waals surface area contributed by atoms with Crippen LogP contribution >= 0.6 is 11.3 Å². The summed E-state index contributed by atoms with van der Waals surface area (Å²) in [7, 11) is 0. The Balaban J connectivity index is 2.04. The molecule has 0 N–H and O–H groups in total. The van der Waals surface area contributed by atoms with Gasteiger partial charge in [0.1, 0.15) is 0 Å². The Morgan fingerprint density at radius 3 is 3.00 bits per heavy atom. The highest BCUT2D eigenvalue weighted by atomic mass is 32.1. The largest absolute Gasteiger partial charge is 0.334 e. The molecule has 2 rings (SSSR count). The standard InChI is InChI=1S/C11H12N2OS/c12-6-2-7-13(9-4-5-9)11(14)10-3-1-8-15-10/h1,3,8-9H,2,4-5,7H2. The van der Waals surface area contributed by atoms with Crippen molar-refractivity contribution in [2.24, 2.45) is 0 Å². The Morgan fingerprint density at radius 2 is 2.47 bits per heavy atom. The third kappa shape index (κ3) is 2.37.